The molecule has 0 unspecified atom stereocenters. The highest BCUT2D eigenvalue weighted by Crippen LogP contribution is 2.25. The lowest BCUT2D eigenvalue weighted by atomic mass is 10.2. The van der Waals surface area contributed by atoms with Crippen molar-refractivity contribution in [2.75, 3.05) is 20.1 Å². The highest BCUT2D eigenvalue weighted by molar-refractivity contribution is 9.10. The summed E-state index contributed by atoms with van der Waals surface area (Å²) in [5.41, 5.74) is 1.04. The minimum Gasteiger partial charge on any atom is -0.507 e. The van der Waals surface area contributed by atoms with Crippen LogP contribution in [0.3, 0.4) is 0 Å². The van der Waals surface area contributed by atoms with Crippen molar-refractivity contribution < 1.29 is 5.11 Å². The smallest absolute Gasteiger partial charge is 0.130 e. The van der Waals surface area contributed by atoms with Crippen LogP contribution in [-0.2, 0) is 0 Å². The number of likely N-dealkylation sites (N-methyl/N-ethyl adjacent to an activating group) is 1. The van der Waals surface area contributed by atoms with Crippen molar-refractivity contribution in [1.82, 2.24) is 4.90 Å². The molecular formula is C10H11BrN2O. The topological polar surface area (TPSA) is 35.8 Å². The number of phenols is 1. The molecule has 1 N–H and O–H groups in total. The summed E-state index contributed by atoms with van der Waals surface area (Å²) < 4.78 is 0.706. The van der Waals surface area contributed by atoms with Crippen LogP contribution >= 0.6 is 15.9 Å². The zero-order chi connectivity index (χ0) is 10.1. The molecule has 1 aliphatic rings. The van der Waals surface area contributed by atoms with Gasteiger partial charge in [0.15, 0.2) is 0 Å². The second kappa shape index (κ2) is 3.61. The Balaban J connectivity index is 2.37. The highest BCUT2D eigenvalue weighted by atomic mass is 79.9. The molecule has 4 heteroatoms. The Bertz CT molecular complexity index is 390. The molecule has 2 rings (SSSR count). The summed E-state index contributed by atoms with van der Waals surface area (Å²) in [5, 5.41) is 9.35. The highest BCUT2D eigenvalue weighted by Gasteiger charge is 2.14. The van der Waals surface area contributed by atoms with E-state index in [2.05, 4.69) is 25.8 Å². The monoisotopic (exact) mass is 254 g/mol. The third-order valence-electron chi connectivity index (χ3n) is 2.26. The molecule has 0 atom stereocenters. The number of halogens is 1. The second-order valence-corrected chi connectivity index (χ2v) is 4.15. The van der Waals surface area contributed by atoms with Crippen LogP contribution in [0.1, 0.15) is 5.56 Å². The van der Waals surface area contributed by atoms with E-state index in [0.717, 1.165) is 24.5 Å². The standard InChI is InChI=1S/C10H11BrN2O/c1-13-5-4-12-10(13)7-2-3-9(14)8(11)6-7/h2-3,6,14H,4-5H2,1H3. The number of rotatable bonds is 1. The first-order valence-corrected chi connectivity index (χ1v) is 5.22. The SMILES string of the molecule is CN1CCN=C1c1ccc(O)c(Br)c1. The summed E-state index contributed by atoms with van der Waals surface area (Å²) in [6.45, 7) is 1.82. The number of hydrogen-bond acceptors (Lipinski definition) is 3. The molecule has 0 radical (unpaired) electrons. The fraction of sp³-hybridized carbons (Fsp3) is 0.300. The van der Waals surface area contributed by atoms with Crippen LogP contribution in [0, 0.1) is 0 Å². The van der Waals surface area contributed by atoms with E-state index in [1.54, 1.807) is 6.07 Å². The number of aromatic hydroxyl groups is 1. The predicted octanol–water partition coefficient (Wildman–Crippen LogP) is 1.85. The molecule has 0 bridgehead atoms. The molecule has 0 fully saturated rings. The summed E-state index contributed by atoms with van der Waals surface area (Å²) in [6.07, 6.45) is 0. The molecule has 0 amide bonds. The Labute approximate surface area is 91.2 Å². The summed E-state index contributed by atoms with van der Waals surface area (Å²) >= 11 is 3.29. The van der Waals surface area contributed by atoms with Gasteiger partial charge >= 0.3 is 0 Å². The van der Waals surface area contributed by atoms with Crippen molar-refractivity contribution in [3.8, 4) is 5.75 Å². The van der Waals surface area contributed by atoms with Gasteiger partial charge in [-0.15, -0.1) is 0 Å². The first-order valence-electron chi connectivity index (χ1n) is 4.43. The van der Waals surface area contributed by atoms with Gasteiger partial charge in [0.2, 0.25) is 0 Å². The van der Waals surface area contributed by atoms with Crippen molar-refractivity contribution >= 4 is 21.8 Å². The van der Waals surface area contributed by atoms with Crippen molar-refractivity contribution in [3.63, 3.8) is 0 Å². The van der Waals surface area contributed by atoms with Gasteiger partial charge in [0.25, 0.3) is 0 Å². The van der Waals surface area contributed by atoms with E-state index in [9.17, 15) is 5.11 Å². The first kappa shape index (κ1) is 9.52. The first-order chi connectivity index (χ1) is 6.68. The lowest BCUT2D eigenvalue weighted by Gasteiger charge is -2.13. The number of benzene rings is 1. The molecular weight excluding hydrogens is 244 g/mol. The number of phenolic OH excluding ortho intramolecular Hbond substituents is 1. The van der Waals surface area contributed by atoms with Gasteiger partial charge in [-0.05, 0) is 34.1 Å². The Morgan fingerprint density at radius 2 is 2.29 bits per heavy atom. The third kappa shape index (κ3) is 1.62. The average molecular weight is 255 g/mol. The van der Waals surface area contributed by atoms with Crippen LogP contribution in [-0.4, -0.2) is 36.0 Å². The fourth-order valence-corrected chi connectivity index (χ4v) is 1.87. The minimum absolute atomic E-state index is 0.259. The van der Waals surface area contributed by atoms with E-state index in [4.69, 9.17) is 0 Å². The van der Waals surface area contributed by atoms with Gasteiger partial charge in [-0.25, -0.2) is 0 Å². The normalized spacial score (nSPS) is 15.9. The van der Waals surface area contributed by atoms with Crippen LogP contribution < -0.4 is 0 Å². The third-order valence-corrected chi connectivity index (χ3v) is 2.90. The number of hydrogen-bond donors (Lipinski definition) is 1. The van der Waals surface area contributed by atoms with E-state index in [-0.39, 0.29) is 5.75 Å². The largest absolute Gasteiger partial charge is 0.507 e. The molecule has 0 saturated carbocycles. The van der Waals surface area contributed by atoms with E-state index in [0.29, 0.717) is 4.47 Å². The molecule has 14 heavy (non-hydrogen) atoms. The molecule has 0 spiro atoms. The van der Waals surface area contributed by atoms with Gasteiger partial charge in [-0.1, -0.05) is 0 Å². The molecule has 1 aromatic carbocycles. The lowest BCUT2D eigenvalue weighted by molar-refractivity contribution is 0.472. The molecule has 1 aliphatic heterocycles. The molecule has 0 aliphatic carbocycles. The molecule has 74 valence electrons. The van der Waals surface area contributed by atoms with Crippen molar-refractivity contribution in [2.45, 2.75) is 0 Å². The van der Waals surface area contributed by atoms with Crippen LogP contribution in [0.25, 0.3) is 0 Å². The molecule has 1 aromatic rings. The summed E-state index contributed by atoms with van der Waals surface area (Å²) in [4.78, 5) is 6.51. The Hall–Kier alpha value is -1.03. The second-order valence-electron chi connectivity index (χ2n) is 3.29. The number of aliphatic imine (C=N–C) groups is 1. The summed E-state index contributed by atoms with van der Waals surface area (Å²) in [7, 11) is 2.02. The van der Waals surface area contributed by atoms with Crippen LogP contribution in [0.15, 0.2) is 27.7 Å². The zero-order valence-electron chi connectivity index (χ0n) is 7.87. The quantitative estimate of drug-likeness (QED) is 0.831. The zero-order valence-corrected chi connectivity index (χ0v) is 9.45. The van der Waals surface area contributed by atoms with Crippen molar-refractivity contribution in [2.24, 2.45) is 4.99 Å². The minimum atomic E-state index is 0.259. The predicted molar refractivity (Wildman–Crippen MR) is 59.8 cm³/mol. The van der Waals surface area contributed by atoms with Gasteiger partial charge < -0.3 is 10.0 Å². The van der Waals surface area contributed by atoms with E-state index in [1.807, 2.05) is 19.2 Å². The van der Waals surface area contributed by atoms with Crippen LogP contribution in [0.5, 0.6) is 5.75 Å². The Morgan fingerprint density at radius 3 is 2.86 bits per heavy atom. The Kier molecular flexibility index (Phi) is 2.46. The molecule has 0 aromatic heterocycles. The summed E-state index contributed by atoms with van der Waals surface area (Å²) in [6, 6.07) is 5.44. The molecule has 0 saturated heterocycles. The number of nitrogens with zero attached hydrogens (tertiary/aromatic N) is 2. The fourth-order valence-electron chi connectivity index (χ4n) is 1.49. The Morgan fingerprint density at radius 1 is 1.50 bits per heavy atom. The van der Waals surface area contributed by atoms with Gasteiger partial charge in [-0.2, -0.15) is 0 Å². The maximum Gasteiger partial charge on any atom is 0.130 e. The molecule has 3 nitrogen and oxygen atoms in total. The van der Waals surface area contributed by atoms with Crippen LogP contribution in [0.4, 0.5) is 0 Å². The van der Waals surface area contributed by atoms with Gasteiger partial charge in [0.1, 0.15) is 11.6 Å². The van der Waals surface area contributed by atoms with E-state index >= 15 is 0 Å². The van der Waals surface area contributed by atoms with Crippen molar-refractivity contribution in [3.05, 3.63) is 28.2 Å². The summed E-state index contributed by atoms with van der Waals surface area (Å²) in [5.74, 6) is 1.25. The number of amidine groups is 1. The lowest BCUT2D eigenvalue weighted by Crippen LogP contribution is -2.23. The average Bonchev–Trinajstić information content (AvgIpc) is 2.57. The van der Waals surface area contributed by atoms with Crippen molar-refractivity contribution in [1.29, 1.82) is 0 Å². The molecule has 1 heterocycles. The van der Waals surface area contributed by atoms with Crippen LogP contribution in [0.2, 0.25) is 0 Å². The van der Waals surface area contributed by atoms with Gasteiger partial charge in [0.05, 0.1) is 11.0 Å². The maximum atomic E-state index is 9.35. The van der Waals surface area contributed by atoms with Gasteiger partial charge in [0, 0.05) is 19.2 Å². The van der Waals surface area contributed by atoms with E-state index in [1.165, 1.54) is 0 Å². The maximum absolute atomic E-state index is 9.35. The van der Waals surface area contributed by atoms with Gasteiger partial charge in [-0.3, -0.25) is 4.99 Å². The van der Waals surface area contributed by atoms with E-state index < -0.39 is 0 Å².